The van der Waals surface area contributed by atoms with E-state index in [4.69, 9.17) is 14.6 Å². The van der Waals surface area contributed by atoms with E-state index in [0.29, 0.717) is 50.0 Å². The number of anilines is 2. The zero-order valence-corrected chi connectivity index (χ0v) is 24.3. The summed E-state index contributed by atoms with van der Waals surface area (Å²) >= 11 is 0. The summed E-state index contributed by atoms with van der Waals surface area (Å²) in [5.41, 5.74) is 3.50. The summed E-state index contributed by atoms with van der Waals surface area (Å²) in [5, 5.41) is 4.86. The van der Waals surface area contributed by atoms with Gasteiger partial charge in [-0.3, -0.25) is 14.5 Å². The van der Waals surface area contributed by atoms with Gasteiger partial charge in [-0.2, -0.15) is 0 Å². The van der Waals surface area contributed by atoms with Crippen molar-refractivity contribution in [3.8, 4) is 5.69 Å². The minimum atomic E-state index is -0.502. The topological polar surface area (TPSA) is 94.0 Å². The van der Waals surface area contributed by atoms with E-state index in [1.54, 1.807) is 27.6 Å². The van der Waals surface area contributed by atoms with Crippen molar-refractivity contribution < 1.29 is 23.9 Å². The van der Waals surface area contributed by atoms with Gasteiger partial charge in [0.1, 0.15) is 5.56 Å². The molecule has 3 aromatic rings. The van der Waals surface area contributed by atoms with Crippen LogP contribution in [-0.4, -0.2) is 53.4 Å². The van der Waals surface area contributed by atoms with Crippen molar-refractivity contribution >= 4 is 29.3 Å². The number of amides is 2. The van der Waals surface area contributed by atoms with Crippen LogP contribution in [0, 0.1) is 11.8 Å². The first-order valence-corrected chi connectivity index (χ1v) is 15.1. The molecule has 3 heterocycles. The van der Waals surface area contributed by atoms with Crippen molar-refractivity contribution in [2.45, 2.75) is 65.0 Å². The predicted molar refractivity (Wildman–Crippen MR) is 159 cm³/mol. The number of rotatable bonds is 7. The van der Waals surface area contributed by atoms with Gasteiger partial charge in [-0.25, -0.2) is 9.48 Å². The molecule has 9 nitrogen and oxygen atoms in total. The number of carbonyl (C=O) groups is 3. The minimum Gasteiger partial charge on any atom is -0.462 e. The van der Waals surface area contributed by atoms with Crippen LogP contribution in [0.3, 0.4) is 0 Å². The Morgan fingerprint density at radius 1 is 0.976 bits per heavy atom. The van der Waals surface area contributed by atoms with E-state index < -0.39 is 5.97 Å². The first kappa shape index (κ1) is 28.2. The normalized spacial score (nSPS) is 20.8. The Hall–Kier alpha value is -3.98. The molecule has 2 aromatic carbocycles. The van der Waals surface area contributed by atoms with Gasteiger partial charge in [0.05, 0.1) is 18.8 Å². The first-order valence-electron chi connectivity index (χ1n) is 15.1. The van der Waals surface area contributed by atoms with Gasteiger partial charge in [-0.15, -0.1) is 5.10 Å². The van der Waals surface area contributed by atoms with Crippen LogP contribution >= 0.6 is 0 Å². The van der Waals surface area contributed by atoms with E-state index >= 15 is 0 Å². The fourth-order valence-electron chi connectivity index (χ4n) is 6.38. The molecule has 9 heteroatoms. The van der Waals surface area contributed by atoms with Crippen molar-refractivity contribution in [3.63, 3.8) is 0 Å². The van der Waals surface area contributed by atoms with Crippen LogP contribution in [-0.2, 0) is 20.8 Å². The molecule has 1 aliphatic carbocycles. The van der Waals surface area contributed by atoms with Crippen molar-refractivity contribution in [2.24, 2.45) is 11.8 Å². The molecule has 0 bridgehead atoms. The smallest absolute Gasteiger partial charge is 0.343 e. The molecule has 220 valence electrons. The number of carbonyl (C=O) groups excluding carboxylic acids is 3. The molecule has 6 rings (SSSR count). The number of esters is 1. The second-order valence-corrected chi connectivity index (χ2v) is 11.6. The van der Waals surface area contributed by atoms with Crippen LogP contribution in [0.25, 0.3) is 5.69 Å². The van der Waals surface area contributed by atoms with Gasteiger partial charge in [0.2, 0.25) is 5.91 Å². The summed E-state index contributed by atoms with van der Waals surface area (Å²) in [5.74, 6) is 0.383. The van der Waals surface area contributed by atoms with Gasteiger partial charge in [-0.05, 0) is 87.3 Å². The van der Waals surface area contributed by atoms with Crippen LogP contribution in [0.2, 0.25) is 0 Å². The van der Waals surface area contributed by atoms with E-state index in [2.05, 4.69) is 6.92 Å². The Kier molecular flexibility index (Phi) is 8.11. The van der Waals surface area contributed by atoms with Crippen molar-refractivity contribution in [2.75, 3.05) is 29.6 Å². The average Bonchev–Trinajstić information content (AvgIpc) is 3.60. The molecule has 0 spiro atoms. The fourth-order valence-corrected chi connectivity index (χ4v) is 6.38. The Morgan fingerprint density at radius 2 is 1.67 bits per heavy atom. The molecular formula is C33H38N4O5. The van der Waals surface area contributed by atoms with Crippen LogP contribution in [0.1, 0.15) is 78.7 Å². The standard InChI is InChI=1S/C33H38N4O5/c1-3-42-33(40)29-21-36(26-14-12-25(13-15-26)35-20-24-6-4-5-7-28(24)32(35)39)34-30(29)37(27-16-18-41-19-17-27)31(38)23-10-8-22(2)9-11-23/h4-7,12-15,21-23,27H,3,8-11,16-20H2,1-2H3. The van der Waals surface area contributed by atoms with Crippen LogP contribution < -0.4 is 9.80 Å². The van der Waals surface area contributed by atoms with Crippen LogP contribution in [0.4, 0.5) is 11.5 Å². The lowest BCUT2D eigenvalue weighted by atomic mass is 9.82. The van der Waals surface area contributed by atoms with E-state index in [1.807, 2.05) is 48.5 Å². The molecule has 1 aromatic heterocycles. The molecule has 2 amide bonds. The largest absolute Gasteiger partial charge is 0.462 e. The van der Waals surface area contributed by atoms with Gasteiger partial charge < -0.3 is 14.4 Å². The molecule has 0 atom stereocenters. The zero-order valence-electron chi connectivity index (χ0n) is 24.3. The summed E-state index contributed by atoms with van der Waals surface area (Å²) in [6.45, 7) is 5.87. The molecule has 1 saturated carbocycles. The van der Waals surface area contributed by atoms with Crippen LogP contribution in [0.5, 0.6) is 0 Å². The SMILES string of the molecule is CCOC(=O)c1cn(-c2ccc(N3Cc4ccccc4C3=O)cc2)nc1N(C(=O)C1CCC(C)CC1)C1CCOCC1. The minimum absolute atomic E-state index is 0.0213. The summed E-state index contributed by atoms with van der Waals surface area (Å²) in [4.78, 5) is 43.9. The van der Waals surface area contributed by atoms with Gasteiger partial charge in [0.15, 0.2) is 5.82 Å². The summed E-state index contributed by atoms with van der Waals surface area (Å²) in [6, 6.07) is 15.1. The maximum atomic E-state index is 14.1. The van der Waals surface area contributed by atoms with Gasteiger partial charge in [-0.1, -0.05) is 25.1 Å². The maximum absolute atomic E-state index is 14.1. The van der Waals surface area contributed by atoms with E-state index in [9.17, 15) is 14.4 Å². The van der Waals surface area contributed by atoms with Crippen molar-refractivity contribution in [1.29, 1.82) is 0 Å². The molecule has 2 aliphatic heterocycles. The number of nitrogens with zero attached hydrogens (tertiary/aromatic N) is 4. The number of ether oxygens (including phenoxy) is 2. The molecule has 0 unspecified atom stereocenters. The van der Waals surface area contributed by atoms with Crippen molar-refractivity contribution in [1.82, 2.24) is 9.78 Å². The molecule has 42 heavy (non-hydrogen) atoms. The average molecular weight is 571 g/mol. The number of benzene rings is 2. The second-order valence-electron chi connectivity index (χ2n) is 11.6. The highest BCUT2D eigenvalue weighted by Gasteiger charge is 2.38. The molecule has 3 aliphatic rings. The summed E-state index contributed by atoms with van der Waals surface area (Å²) in [6.07, 6.45) is 6.76. The molecular weight excluding hydrogens is 532 g/mol. The van der Waals surface area contributed by atoms with E-state index in [0.717, 1.165) is 42.5 Å². The highest BCUT2D eigenvalue weighted by molar-refractivity contribution is 6.10. The van der Waals surface area contributed by atoms with Crippen LogP contribution in [0.15, 0.2) is 54.7 Å². The van der Waals surface area contributed by atoms with Gasteiger partial charge in [0, 0.05) is 42.6 Å². The maximum Gasteiger partial charge on any atom is 0.343 e. The summed E-state index contributed by atoms with van der Waals surface area (Å²) in [7, 11) is 0. The fraction of sp³-hybridized carbons (Fsp3) is 0.455. The third kappa shape index (κ3) is 5.45. The quantitative estimate of drug-likeness (QED) is 0.346. The highest BCUT2D eigenvalue weighted by Crippen LogP contribution is 2.35. The molecule has 2 fully saturated rings. The van der Waals surface area contributed by atoms with Gasteiger partial charge >= 0.3 is 5.97 Å². The zero-order chi connectivity index (χ0) is 29.2. The van der Waals surface area contributed by atoms with E-state index in [-0.39, 0.29) is 35.9 Å². The number of hydrogen-bond acceptors (Lipinski definition) is 6. The Balaban J connectivity index is 1.33. The molecule has 1 saturated heterocycles. The Labute approximate surface area is 246 Å². The number of hydrogen-bond donors (Lipinski definition) is 0. The van der Waals surface area contributed by atoms with Crippen molar-refractivity contribution in [3.05, 3.63) is 71.4 Å². The lowest BCUT2D eigenvalue weighted by molar-refractivity contribution is -0.124. The Morgan fingerprint density at radius 3 is 2.36 bits per heavy atom. The third-order valence-electron chi connectivity index (χ3n) is 8.82. The first-order chi connectivity index (χ1) is 20.4. The predicted octanol–water partition coefficient (Wildman–Crippen LogP) is 5.55. The van der Waals surface area contributed by atoms with Gasteiger partial charge in [0.25, 0.3) is 5.91 Å². The lowest BCUT2D eigenvalue weighted by Crippen LogP contribution is -2.47. The number of fused-ring (bicyclic) bond motifs is 1. The second kappa shape index (κ2) is 12.1. The molecule has 0 N–H and O–H groups in total. The Bertz CT molecular complexity index is 1450. The monoisotopic (exact) mass is 570 g/mol. The highest BCUT2D eigenvalue weighted by atomic mass is 16.5. The summed E-state index contributed by atoms with van der Waals surface area (Å²) < 4.78 is 12.7. The molecule has 0 radical (unpaired) electrons. The lowest BCUT2D eigenvalue weighted by Gasteiger charge is -2.37. The number of aromatic nitrogens is 2. The third-order valence-corrected chi connectivity index (χ3v) is 8.82. The van der Waals surface area contributed by atoms with E-state index in [1.165, 1.54) is 0 Å².